The van der Waals surface area contributed by atoms with Gasteiger partial charge in [0.15, 0.2) is 0 Å². The van der Waals surface area contributed by atoms with Crippen LogP contribution >= 0.6 is 11.8 Å². The van der Waals surface area contributed by atoms with Gasteiger partial charge in [0.25, 0.3) is 0 Å². The third kappa shape index (κ3) is 3.98. The Hall–Kier alpha value is -1.00. The largest absolute Gasteiger partial charge is 0.351 e. The topological polar surface area (TPSA) is 41.1 Å². The number of nitrogens with one attached hydrogen (secondary N) is 2. The zero-order valence-corrected chi connectivity index (χ0v) is 12.4. The van der Waals surface area contributed by atoms with Gasteiger partial charge in [-0.3, -0.25) is 4.79 Å². The van der Waals surface area contributed by atoms with Crippen molar-refractivity contribution in [1.82, 2.24) is 10.6 Å². The summed E-state index contributed by atoms with van der Waals surface area (Å²) in [5.74, 6) is 2.19. The first-order valence-electron chi connectivity index (χ1n) is 6.89. The second kappa shape index (κ2) is 6.96. The van der Waals surface area contributed by atoms with E-state index < -0.39 is 0 Å². The van der Waals surface area contributed by atoms with Gasteiger partial charge in [-0.15, -0.1) is 0 Å². The highest BCUT2D eigenvalue weighted by molar-refractivity contribution is 7.99. The number of fused-ring (bicyclic) bond motifs is 1. The normalized spacial score (nSPS) is 19.6. The van der Waals surface area contributed by atoms with E-state index in [4.69, 9.17) is 0 Å². The molecule has 0 saturated heterocycles. The Kier molecular flexibility index (Phi) is 5.28. The Labute approximate surface area is 119 Å². The summed E-state index contributed by atoms with van der Waals surface area (Å²) in [6.45, 7) is 4.99. The van der Waals surface area contributed by atoms with Crippen LogP contribution in [0.1, 0.15) is 25.0 Å². The Morgan fingerprint density at radius 2 is 2.21 bits per heavy atom. The molecular weight excluding hydrogens is 256 g/mol. The van der Waals surface area contributed by atoms with Crippen molar-refractivity contribution in [2.45, 2.75) is 38.9 Å². The lowest BCUT2D eigenvalue weighted by Gasteiger charge is -2.26. The van der Waals surface area contributed by atoms with Gasteiger partial charge in [-0.05, 0) is 30.2 Å². The van der Waals surface area contributed by atoms with Crippen LogP contribution in [0.3, 0.4) is 0 Å². The summed E-state index contributed by atoms with van der Waals surface area (Å²) >= 11 is 1.86. The molecule has 19 heavy (non-hydrogen) atoms. The number of thioether (sulfide) groups is 1. The lowest BCUT2D eigenvalue weighted by Crippen LogP contribution is -2.50. The van der Waals surface area contributed by atoms with E-state index in [0.717, 1.165) is 24.5 Å². The molecule has 0 aromatic heterocycles. The first-order valence-corrected chi connectivity index (χ1v) is 8.04. The molecule has 2 rings (SSSR count). The number of amides is 1. The van der Waals surface area contributed by atoms with E-state index in [0.29, 0.717) is 0 Å². The maximum Gasteiger partial charge on any atom is 0.237 e. The van der Waals surface area contributed by atoms with Gasteiger partial charge in [-0.25, -0.2) is 0 Å². The van der Waals surface area contributed by atoms with Crippen molar-refractivity contribution in [2.24, 2.45) is 0 Å². The number of benzene rings is 1. The van der Waals surface area contributed by atoms with E-state index in [1.165, 1.54) is 11.1 Å². The van der Waals surface area contributed by atoms with Crippen LogP contribution in [0.4, 0.5) is 0 Å². The van der Waals surface area contributed by atoms with Crippen molar-refractivity contribution >= 4 is 17.7 Å². The maximum atomic E-state index is 12.2. The van der Waals surface area contributed by atoms with Gasteiger partial charge in [0.05, 0.1) is 6.04 Å². The summed E-state index contributed by atoms with van der Waals surface area (Å²) in [7, 11) is 0. The Balaban J connectivity index is 1.88. The van der Waals surface area contributed by atoms with Crippen LogP contribution in [-0.4, -0.2) is 29.5 Å². The summed E-state index contributed by atoms with van der Waals surface area (Å²) in [6.07, 6.45) is 0.787. The standard InChI is InChI=1S/C15H22N2OS/c1-3-19-10-11(2)17-15(18)14-8-12-6-4-5-7-13(12)9-16-14/h4-7,11,14,16H,3,8-10H2,1-2H3,(H,17,18)/t11?,14-/m0/s1. The lowest BCUT2D eigenvalue weighted by molar-refractivity contribution is -0.123. The van der Waals surface area contributed by atoms with Crippen LogP contribution in [0.2, 0.25) is 0 Å². The van der Waals surface area contributed by atoms with E-state index in [-0.39, 0.29) is 18.0 Å². The third-order valence-electron chi connectivity index (χ3n) is 3.36. The van der Waals surface area contributed by atoms with Crippen LogP contribution in [0.15, 0.2) is 24.3 Å². The lowest BCUT2D eigenvalue weighted by atomic mass is 9.95. The third-order valence-corrected chi connectivity index (χ3v) is 4.50. The van der Waals surface area contributed by atoms with E-state index in [2.05, 4.69) is 36.6 Å². The van der Waals surface area contributed by atoms with Crippen molar-refractivity contribution < 1.29 is 4.79 Å². The SMILES string of the molecule is CCSCC(C)NC(=O)[C@@H]1Cc2ccccc2CN1. The molecule has 0 fully saturated rings. The molecule has 1 unspecified atom stereocenters. The second-order valence-electron chi connectivity index (χ2n) is 4.98. The van der Waals surface area contributed by atoms with Crippen molar-refractivity contribution in [3.05, 3.63) is 35.4 Å². The van der Waals surface area contributed by atoms with Crippen LogP contribution in [0.5, 0.6) is 0 Å². The fourth-order valence-corrected chi connectivity index (χ4v) is 2.99. The smallest absolute Gasteiger partial charge is 0.237 e. The highest BCUT2D eigenvalue weighted by Crippen LogP contribution is 2.16. The van der Waals surface area contributed by atoms with Crippen molar-refractivity contribution in [3.63, 3.8) is 0 Å². The van der Waals surface area contributed by atoms with E-state index in [9.17, 15) is 4.79 Å². The number of carbonyl (C=O) groups is 1. The van der Waals surface area contributed by atoms with Gasteiger partial charge in [-0.2, -0.15) is 11.8 Å². The average Bonchev–Trinajstić information content (AvgIpc) is 2.44. The van der Waals surface area contributed by atoms with Gasteiger partial charge in [0.2, 0.25) is 5.91 Å². The fraction of sp³-hybridized carbons (Fsp3) is 0.533. The summed E-state index contributed by atoms with van der Waals surface area (Å²) in [4.78, 5) is 12.2. The Bertz CT molecular complexity index is 436. The molecule has 1 heterocycles. The van der Waals surface area contributed by atoms with Crippen LogP contribution in [0, 0.1) is 0 Å². The van der Waals surface area contributed by atoms with Crippen LogP contribution in [0.25, 0.3) is 0 Å². The predicted octanol–water partition coefficient (Wildman–Crippen LogP) is 1.96. The minimum Gasteiger partial charge on any atom is -0.351 e. The highest BCUT2D eigenvalue weighted by Gasteiger charge is 2.24. The quantitative estimate of drug-likeness (QED) is 0.865. The monoisotopic (exact) mass is 278 g/mol. The molecule has 104 valence electrons. The molecule has 2 N–H and O–H groups in total. The Morgan fingerprint density at radius 1 is 1.47 bits per heavy atom. The Morgan fingerprint density at radius 3 is 2.95 bits per heavy atom. The maximum absolute atomic E-state index is 12.2. The summed E-state index contributed by atoms with van der Waals surface area (Å²) < 4.78 is 0. The molecule has 0 radical (unpaired) electrons. The fourth-order valence-electron chi connectivity index (χ4n) is 2.32. The van der Waals surface area contributed by atoms with Gasteiger partial charge in [0, 0.05) is 18.3 Å². The van der Waals surface area contributed by atoms with E-state index in [1.54, 1.807) is 0 Å². The van der Waals surface area contributed by atoms with Gasteiger partial charge in [0.1, 0.15) is 0 Å². The van der Waals surface area contributed by atoms with Gasteiger partial charge < -0.3 is 10.6 Å². The minimum atomic E-state index is -0.0935. The molecule has 1 amide bonds. The molecule has 0 bridgehead atoms. The molecule has 0 spiro atoms. The number of carbonyl (C=O) groups excluding carboxylic acids is 1. The molecule has 0 aliphatic carbocycles. The molecule has 1 aliphatic heterocycles. The zero-order chi connectivity index (χ0) is 13.7. The van der Waals surface area contributed by atoms with Crippen molar-refractivity contribution in [3.8, 4) is 0 Å². The molecule has 3 nitrogen and oxygen atoms in total. The number of hydrogen-bond acceptors (Lipinski definition) is 3. The molecular formula is C15H22N2OS. The predicted molar refractivity (Wildman–Crippen MR) is 81.4 cm³/mol. The average molecular weight is 278 g/mol. The molecule has 1 aromatic carbocycles. The highest BCUT2D eigenvalue weighted by atomic mass is 32.2. The van der Waals surface area contributed by atoms with Crippen LogP contribution in [-0.2, 0) is 17.8 Å². The van der Waals surface area contributed by atoms with Crippen LogP contribution < -0.4 is 10.6 Å². The summed E-state index contributed by atoms with van der Waals surface area (Å²) in [5, 5.41) is 6.41. The molecule has 4 heteroatoms. The number of hydrogen-bond donors (Lipinski definition) is 2. The molecule has 0 saturated carbocycles. The van der Waals surface area contributed by atoms with E-state index >= 15 is 0 Å². The molecule has 1 aromatic rings. The van der Waals surface area contributed by atoms with Gasteiger partial charge in [-0.1, -0.05) is 31.2 Å². The van der Waals surface area contributed by atoms with Gasteiger partial charge >= 0.3 is 0 Å². The second-order valence-corrected chi connectivity index (χ2v) is 6.29. The first kappa shape index (κ1) is 14.4. The summed E-state index contributed by atoms with van der Waals surface area (Å²) in [5.41, 5.74) is 2.60. The minimum absolute atomic E-state index is 0.0935. The zero-order valence-electron chi connectivity index (χ0n) is 11.6. The molecule has 1 aliphatic rings. The van der Waals surface area contributed by atoms with E-state index in [1.807, 2.05) is 23.9 Å². The summed E-state index contributed by atoms with van der Waals surface area (Å²) in [6, 6.07) is 8.47. The van der Waals surface area contributed by atoms with Crippen molar-refractivity contribution in [2.75, 3.05) is 11.5 Å². The first-order chi connectivity index (χ1) is 9.20. The van der Waals surface area contributed by atoms with Crippen molar-refractivity contribution in [1.29, 1.82) is 0 Å². The molecule has 2 atom stereocenters. The number of rotatable bonds is 5.